The van der Waals surface area contributed by atoms with Gasteiger partial charge in [0, 0.05) is 12.8 Å². The second-order valence-corrected chi connectivity index (χ2v) is 13.8. The first-order valence-electron chi connectivity index (χ1n) is 20.0. The number of carbonyl (C=O) groups is 2. The van der Waals surface area contributed by atoms with Gasteiger partial charge in [0.25, 0.3) is 0 Å². The van der Waals surface area contributed by atoms with Gasteiger partial charge >= 0.3 is 11.9 Å². The van der Waals surface area contributed by atoms with Crippen LogP contribution in [0.3, 0.4) is 0 Å². The Morgan fingerprint density at radius 1 is 0.409 bits per heavy atom. The van der Waals surface area contributed by atoms with Gasteiger partial charge in [-0.25, -0.2) is 0 Å². The summed E-state index contributed by atoms with van der Waals surface area (Å²) < 4.78 is 6.01. The Morgan fingerprint density at radius 2 is 0.682 bits per heavy atom. The first-order chi connectivity index (χ1) is 21.6. The van der Waals surface area contributed by atoms with Crippen LogP contribution in [0.25, 0.3) is 0 Å². The number of carboxylic acid groups (broad SMARTS) is 1. The molecular formula is C40H78O4. The molecule has 0 radical (unpaired) electrons. The lowest BCUT2D eigenvalue weighted by atomic mass is 10.0. The highest BCUT2D eigenvalue weighted by molar-refractivity contribution is 5.69. The van der Waals surface area contributed by atoms with Crippen LogP contribution < -0.4 is 0 Å². The summed E-state index contributed by atoms with van der Waals surface area (Å²) >= 11 is 0. The number of rotatable bonds is 37. The minimum atomic E-state index is -0.689. The van der Waals surface area contributed by atoms with Crippen molar-refractivity contribution in [1.82, 2.24) is 0 Å². The van der Waals surface area contributed by atoms with Crippen LogP contribution in [-0.2, 0) is 14.3 Å². The molecule has 44 heavy (non-hydrogen) atoms. The molecular weight excluding hydrogens is 544 g/mol. The second kappa shape index (κ2) is 36.4. The van der Waals surface area contributed by atoms with Crippen LogP contribution >= 0.6 is 0 Å². The van der Waals surface area contributed by atoms with Gasteiger partial charge in [-0.3, -0.25) is 9.59 Å². The van der Waals surface area contributed by atoms with Crippen LogP contribution in [-0.4, -0.2) is 23.1 Å². The monoisotopic (exact) mass is 623 g/mol. The molecule has 0 amide bonds. The van der Waals surface area contributed by atoms with Crippen molar-refractivity contribution >= 4 is 11.9 Å². The van der Waals surface area contributed by atoms with Crippen LogP contribution in [0, 0.1) is 0 Å². The summed E-state index contributed by atoms with van der Waals surface area (Å²) in [6.45, 7) is 4.55. The van der Waals surface area contributed by atoms with E-state index in [2.05, 4.69) is 13.8 Å². The van der Waals surface area contributed by atoms with Gasteiger partial charge in [-0.2, -0.15) is 0 Å². The number of unbranched alkanes of at least 4 members (excludes halogenated alkanes) is 28. The predicted molar refractivity (Wildman–Crippen MR) is 190 cm³/mol. The second-order valence-electron chi connectivity index (χ2n) is 13.8. The Labute approximate surface area is 275 Å². The molecule has 0 aromatic rings. The van der Waals surface area contributed by atoms with E-state index >= 15 is 0 Å². The van der Waals surface area contributed by atoms with Crippen LogP contribution in [0.4, 0.5) is 0 Å². The maximum absolute atomic E-state index is 12.6. The molecule has 0 aromatic carbocycles. The lowest BCUT2D eigenvalue weighted by Crippen LogP contribution is -2.18. The third kappa shape index (κ3) is 35.4. The summed E-state index contributed by atoms with van der Waals surface area (Å²) in [5.74, 6) is -0.672. The Balaban J connectivity index is 3.89. The van der Waals surface area contributed by atoms with E-state index in [0.717, 1.165) is 64.2 Å². The molecule has 0 aliphatic rings. The zero-order valence-electron chi connectivity index (χ0n) is 30.0. The molecule has 0 saturated heterocycles. The average molecular weight is 623 g/mol. The fourth-order valence-corrected chi connectivity index (χ4v) is 6.36. The first-order valence-corrected chi connectivity index (χ1v) is 20.0. The van der Waals surface area contributed by atoms with E-state index in [-0.39, 0.29) is 18.5 Å². The van der Waals surface area contributed by atoms with Gasteiger partial charge < -0.3 is 9.84 Å². The fourth-order valence-electron chi connectivity index (χ4n) is 6.36. The van der Waals surface area contributed by atoms with Crippen LogP contribution in [0.5, 0.6) is 0 Å². The topological polar surface area (TPSA) is 63.6 Å². The molecule has 0 saturated carbocycles. The zero-order chi connectivity index (χ0) is 32.2. The molecule has 262 valence electrons. The lowest BCUT2D eigenvalue weighted by molar-refractivity contribution is -0.150. The van der Waals surface area contributed by atoms with Gasteiger partial charge in [-0.05, 0) is 38.5 Å². The molecule has 0 aliphatic carbocycles. The SMILES string of the molecule is CCCCCCCCCCCCCCCCCCCC(=O)OC(CCCCCCCCCC)CCCCCCCCC(=O)O. The van der Waals surface area contributed by atoms with Crippen molar-refractivity contribution in [2.75, 3.05) is 0 Å². The third-order valence-corrected chi connectivity index (χ3v) is 9.33. The predicted octanol–water partition coefficient (Wildman–Crippen LogP) is 13.7. The van der Waals surface area contributed by atoms with Crippen LogP contribution in [0.15, 0.2) is 0 Å². The maximum Gasteiger partial charge on any atom is 0.306 e. The van der Waals surface area contributed by atoms with E-state index in [4.69, 9.17) is 9.84 Å². The molecule has 4 nitrogen and oxygen atoms in total. The highest BCUT2D eigenvalue weighted by Crippen LogP contribution is 2.19. The summed E-state index contributed by atoms with van der Waals surface area (Å²) in [7, 11) is 0. The number of aliphatic carboxylic acids is 1. The lowest BCUT2D eigenvalue weighted by Gasteiger charge is -2.18. The molecule has 4 heteroatoms. The van der Waals surface area contributed by atoms with E-state index < -0.39 is 5.97 Å². The summed E-state index contributed by atoms with van der Waals surface area (Å²) in [5, 5.41) is 8.77. The Morgan fingerprint density at radius 3 is 1.00 bits per heavy atom. The minimum absolute atomic E-state index is 0.0178. The summed E-state index contributed by atoms with van der Waals surface area (Å²) in [5.41, 5.74) is 0. The van der Waals surface area contributed by atoms with Crippen molar-refractivity contribution in [3.63, 3.8) is 0 Å². The fraction of sp³-hybridized carbons (Fsp3) is 0.950. The third-order valence-electron chi connectivity index (χ3n) is 9.33. The van der Waals surface area contributed by atoms with Gasteiger partial charge in [-0.1, -0.05) is 187 Å². The van der Waals surface area contributed by atoms with E-state index in [1.807, 2.05) is 0 Å². The molecule has 1 unspecified atom stereocenters. The number of ether oxygens (including phenoxy) is 1. The van der Waals surface area contributed by atoms with Crippen molar-refractivity contribution in [2.24, 2.45) is 0 Å². The molecule has 0 bridgehead atoms. The average Bonchev–Trinajstić information content (AvgIpc) is 3.01. The van der Waals surface area contributed by atoms with Crippen molar-refractivity contribution in [3.05, 3.63) is 0 Å². The Hall–Kier alpha value is -1.06. The van der Waals surface area contributed by atoms with Crippen molar-refractivity contribution < 1.29 is 19.4 Å². The number of carbonyl (C=O) groups excluding carboxylic acids is 1. The van der Waals surface area contributed by atoms with Crippen molar-refractivity contribution in [2.45, 2.75) is 245 Å². The quantitative estimate of drug-likeness (QED) is 0.0553. The molecule has 0 heterocycles. The maximum atomic E-state index is 12.6. The number of hydrogen-bond donors (Lipinski definition) is 1. The molecule has 0 fully saturated rings. The van der Waals surface area contributed by atoms with Crippen LogP contribution in [0.1, 0.15) is 239 Å². The largest absolute Gasteiger partial charge is 0.481 e. The van der Waals surface area contributed by atoms with E-state index in [0.29, 0.717) is 6.42 Å². The van der Waals surface area contributed by atoms with Crippen molar-refractivity contribution in [3.8, 4) is 0 Å². The molecule has 1 atom stereocenters. The normalized spacial score (nSPS) is 12.0. The first kappa shape index (κ1) is 42.9. The Bertz CT molecular complexity index is 590. The summed E-state index contributed by atoms with van der Waals surface area (Å²) in [6.07, 6.45) is 42.7. The van der Waals surface area contributed by atoms with Crippen LogP contribution in [0.2, 0.25) is 0 Å². The number of hydrogen-bond acceptors (Lipinski definition) is 3. The van der Waals surface area contributed by atoms with Gasteiger partial charge in [0.15, 0.2) is 0 Å². The number of carboxylic acids is 1. The smallest absolute Gasteiger partial charge is 0.306 e. The molecule has 0 aliphatic heterocycles. The van der Waals surface area contributed by atoms with E-state index in [1.165, 1.54) is 148 Å². The van der Waals surface area contributed by atoms with Gasteiger partial charge in [0.2, 0.25) is 0 Å². The molecule has 0 rings (SSSR count). The van der Waals surface area contributed by atoms with E-state index in [9.17, 15) is 9.59 Å². The highest BCUT2D eigenvalue weighted by Gasteiger charge is 2.14. The molecule has 0 spiro atoms. The zero-order valence-corrected chi connectivity index (χ0v) is 30.0. The molecule has 0 aromatic heterocycles. The van der Waals surface area contributed by atoms with E-state index in [1.54, 1.807) is 0 Å². The Kier molecular flexibility index (Phi) is 35.5. The van der Waals surface area contributed by atoms with Gasteiger partial charge in [-0.15, -0.1) is 0 Å². The standard InChI is InChI=1S/C40H78O4/c1-3-5-7-9-11-13-14-15-16-17-18-19-20-21-23-29-33-37-40(43)44-38(34-30-26-22-12-10-8-6-4-2)35-31-27-24-25-28-32-36-39(41)42/h38H,3-37H2,1-2H3,(H,41,42). The van der Waals surface area contributed by atoms with Gasteiger partial charge in [0.1, 0.15) is 6.10 Å². The minimum Gasteiger partial charge on any atom is -0.481 e. The molecule has 1 N–H and O–H groups in total. The number of esters is 1. The van der Waals surface area contributed by atoms with Gasteiger partial charge in [0.05, 0.1) is 0 Å². The summed E-state index contributed by atoms with van der Waals surface area (Å²) in [4.78, 5) is 23.3. The van der Waals surface area contributed by atoms with Crippen molar-refractivity contribution in [1.29, 1.82) is 0 Å². The summed E-state index contributed by atoms with van der Waals surface area (Å²) in [6, 6.07) is 0. The highest BCUT2D eigenvalue weighted by atomic mass is 16.5.